The van der Waals surface area contributed by atoms with E-state index in [2.05, 4.69) is 49.3 Å². The Morgan fingerprint density at radius 2 is 1.62 bits per heavy atom. The van der Waals surface area contributed by atoms with Crippen LogP contribution < -0.4 is 4.90 Å². The molecule has 3 heterocycles. The topological polar surface area (TPSA) is 56.1 Å². The van der Waals surface area contributed by atoms with Gasteiger partial charge in [0.15, 0.2) is 0 Å². The molecule has 0 atom stereocenters. The fraction of sp³-hybridized carbons (Fsp3) is 0.227. The Morgan fingerprint density at radius 1 is 0.897 bits per heavy atom. The molecule has 1 aliphatic heterocycles. The lowest BCUT2D eigenvalue weighted by Gasteiger charge is -2.28. The highest BCUT2D eigenvalue weighted by Crippen LogP contribution is 2.26. The Kier molecular flexibility index (Phi) is 5.06. The second-order valence-electron chi connectivity index (χ2n) is 6.86. The van der Waals surface area contributed by atoms with Gasteiger partial charge in [-0.3, -0.25) is 4.57 Å². The van der Waals surface area contributed by atoms with Crippen molar-refractivity contribution in [2.45, 2.75) is 6.42 Å². The molecule has 7 heteroatoms. The fourth-order valence-electron chi connectivity index (χ4n) is 3.50. The number of hydrogen-bond donors (Lipinski definition) is 0. The molecule has 0 spiro atoms. The van der Waals surface area contributed by atoms with Crippen LogP contribution in [0.5, 0.6) is 0 Å². The molecule has 0 aliphatic carbocycles. The van der Waals surface area contributed by atoms with Gasteiger partial charge in [0, 0.05) is 24.0 Å². The molecular weight excluding hydrogens is 382 g/mol. The third kappa shape index (κ3) is 3.79. The Labute approximate surface area is 173 Å². The van der Waals surface area contributed by atoms with E-state index in [4.69, 9.17) is 9.72 Å². The maximum atomic E-state index is 5.51. The molecule has 29 heavy (non-hydrogen) atoms. The molecule has 0 N–H and O–H groups in total. The van der Waals surface area contributed by atoms with E-state index in [0.29, 0.717) is 19.6 Å². The molecule has 1 saturated heterocycles. The van der Waals surface area contributed by atoms with Crippen LogP contribution in [-0.4, -0.2) is 46.1 Å². The summed E-state index contributed by atoms with van der Waals surface area (Å²) in [5, 5.41) is 12.2. The van der Waals surface area contributed by atoms with Gasteiger partial charge in [0.1, 0.15) is 10.8 Å². The van der Waals surface area contributed by atoms with Crippen LogP contribution in [0.1, 0.15) is 10.8 Å². The average molecular weight is 404 g/mol. The van der Waals surface area contributed by atoms with Crippen molar-refractivity contribution in [1.29, 1.82) is 0 Å². The second kappa shape index (κ2) is 8.14. The molecular formula is C22H21N5OS. The molecule has 0 amide bonds. The molecule has 0 bridgehead atoms. The highest BCUT2D eigenvalue weighted by molar-refractivity contribution is 7.10. The summed E-state index contributed by atoms with van der Waals surface area (Å²) in [5.41, 5.74) is 3.20. The van der Waals surface area contributed by atoms with Crippen LogP contribution >= 0.6 is 11.3 Å². The first-order chi connectivity index (χ1) is 14.4. The molecule has 1 fully saturated rings. The zero-order valence-corrected chi connectivity index (χ0v) is 16.8. The lowest BCUT2D eigenvalue weighted by Crippen LogP contribution is -2.38. The molecule has 1 aliphatic rings. The summed E-state index contributed by atoms with van der Waals surface area (Å²) in [6.07, 6.45) is 0.643. The van der Waals surface area contributed by atoms with Crippen molar-refractivity contribution in [3.8, 4) is 16.9 Å². The summed E-state index contributed by atoms with van der Waals surface area (Å²) in [7, 11) is 0. The minimum absolute atomic E-state index is 0.643. The van der Waals surface area contributed by atoms with Crippen molar-refractivity contribution in [3.63, 3.8) is 0 Å². The zero-order valence-electron chi connectivity index (χ0n) is 15.9. The number of rotatable bonds is 5. The van der Waals surface area contributed by atoms with Gasteiger partial charge in [0.2, 0.25) is 5.95 Å². The van der Waals surface area contributed by atoms with Crippen molar-refractivity contribution in [3.05, 3.63) is 76.9 Å². The molecule has 0 radical (unpaired) electrons. The van der Waals surface area contributed by atoms with Gasteiger partial charge in [0.25, 0.3) is 0 Å². The van der Waals surface area contributed by atoms with Gasteiger partial charge in [-0.2, -0.15) is 0 Å². The van der Waals surface area contributed by atoms with Crippen LogP contribution in [0.2, 0.25) is 0 Å². The van der Waals surface area contributed by atoms with Gasteiger partial charge in [-0.1, -0.05) is 48.5 Å². The molecule has 2 aromatic heterocycles. The van der Waals surface area contributed by atoms with E-state index in [0.717, 1.165) is 46.8 Å². The second-order valence-corrected chi connectivity index (χ2v) is 7.80. The predicted molar refractivity (Wildman–Crippen MR) is 115 cm³/mol. The monoisotopic (exact) mass is 403 g/mol. The van der Waals surface area contributed by atoms with Crippen LogP contribution in [0.25, 0.3) is 16.9 Å². The summed E-state index contributed by atoms with van der Waals surface area (Å²) in [6.45, 7) is 3.06. The van der Waals surface area contributed by atoms with E-state index < -0.39 is 0 Å². The summed E-state index contributed by atoms with van der Waals surface area (Å²) in [6, 6.07) is 20.6. The summed E-state index contributed by atoms with van der Waals surface area (Å²) in [5.74, 6) is 1.76. The summed E-state index contributed by atoms with van der Waals surface area (Å²) < 4.78 is 7.65. The van der Waals surface area contributed by atoms with E-state index in [1.165, 1.54) is 0 Å². The molecule has 6 nitrogen and oxygen atoms in total. The molecule has 2 aromatic carbocycles. The largest absolute Gasteiger partial charge is 0.378 e. The number of thiazole rings is 1. The maximum Gasteiger partial charge on any atom is 0.232 e. The Hall–Kier alpha value is -3.03. The number of morpholine rings is 1. The fourth-order valence-corrected chi connectivity index (χ4v) is 4.30. The van der Waals surface area contributed by atoms with Crippen molar-refractivity contribution >= 4 is 17.3 Å². The first-order valence-corrected chi connectivity index (χ1v) is 10.6. The van der Waals surface area contributed by atoms with Crippen molar-refractivity contribution in [2.75, 3.05) is 31.2 Å². The Morgan fingerprint density at radius 3 is 2.38 bits per heavy atom. The lowest BCUT2D eigenvalue weighted by atomic mass is 10.2. The minimum atomic E-state index is 0.643. The normalized spacial score (nSPS) is 14.3. The van der Waals surface area contributed by atoms with Crippen molar-refractivity contribution in [1.82, 2.24) is 19.7 Å². The molecule has 4 aromatic rings. The van der Waals surface area contributed by atoms with Crippen molar-refractivity contribution < 1.29 is 4.74 Å². The quantitative estimate of drug-likeness (QED) is 0.507. The maximum absolute atomic E-state index is 5.51. The van der Waals surface area contributed by atoms with Gasteiger partial charge in [-0.05, 0) is 12.1 Å². The average Bonchev–Trinajstić information content (AvgIpc) is 3.43. The van der Waals surface area contributed by atoms with Gasteiger partial charge >= 0.3 is 0 Å². The van der Waals surface area contributed by atoms with Crippen LogP contribution in [0, 0.1) is 0 Å². The van der Waals surface area contributed by atoms with E-state index in [9.17, 15) is 0 Å². The Balaban J connectivity index is 1.49. The zero-order chi connectivity index (χ0) is 19.5. The number of ether oxygens (including phenoxy) is 1. The number of anilines is 1. The van der Waals surface area contributed by atoms with E-state index in [-0.39, 0.29) is 0 Å². The Bertz CT molecular complexity index is 1070. The molecule has 0 unspecified atom stereocenters. The third-order valence-corrected chi connectivity index (χ3v) is 5.80. The van der Waals surface area contributed by atoms with Crippen LogP contribution in [-0.2, 0) is 11.2 Å². The molecule has 0 saturated carbocycles. The SMILES string of the molecule is c1ccc(-c2csc(Cc3nnc(N4CCOCC4)n3-c3ccccc3)n2)cc1. The highest BCUT2D eigenvalue weighted by Gasteiger charge is 2.22. The highest BCUT2D eigenvalue weighted by atomic mass is 32.1. The predicted octanol–water partition coefficient (Wildman–Crippen LogP) is 3.82. The number of para-hydroxylation sites is 1. The summed E-state index contributed by atoms with van der Waals surface area (Å²) in [4.78, 5) is 7.08. The first-order valence-electron chi connectivity index (χ1n) is 9.71. The first kappa shape index (κ1) is 18.0. The minimum Gasteiger partial charge on any atom is -0.378 e. The smallest absolute Gasteiger partial charge is 0.232 e. The van der Waals surface area contributed by atoms with Gasteiger partial charge < -0.3 is 9.64 Å². The van der Waals surface area contributed by atoms with E-state index in [1.807, 2.05) is 36.4 Å². The van der Waals surface area contributed by atoms with Gasteiger partial charge in [0.05, 0.1) is 31.0 Å². The van der Waals surface area contributed by atoms with Crippen LogP contribution in [0.15, 0.2) is 66.0 Å². The van der Waals surface area contributed by atoms with E-state index >= 15 is 0 Å². The molecule has 5 rings (SSSR count). The van der Waals surface area contributed by atoms with Gasteiger partial charge in [-0.15, -0.1) is 21.5 Å². The van der Waals surface area contributed by atoms with Crippen LogP contribution in [0.4, 0.5) is 5.95 Å². The number of benzene rings is 2. The van der Waals surface area contributed by atoms with Crippen molar-refractivity contribution in [2.24, 2.45) is 0 Å². The standard InChI is InChI=1S/C22H21N5OS/c1-3-7-17(8-4-1)19-16-29-21(23-19)15-20-24-25-22(26-11-13-28-14-12-26)27(20)18-9-5-2-6-10-18/h1-10,16H,11-15H2. The van der Waals surface area contributed by atoms with Crippen LogP contribution in [0.3, 0.4) is 0 Å². The van der Waals surface area contributed by atoms with E-state index in [1.54, 1.807) is 11.3 Å². The number of hydrogen-bond acceptors (Lipinski definition) is 6. The number of nitrogens with zero attached hydrogens (tertiary/aromatic N) is 5. The lowest BCUT2D eigenvalue weighted by molar-refractivity contribution is 0.122. The van der Waals surface area contributed by atoms with Gasteiger partial charge in [-0.25, -0.2) is 4.98 Å². The molecule has 146 valence electrons. The third-order valence-electron chi connectivity index (χ3n) is 4.95. The number of aromatic nitrogens is 4. The summed E-state index contributed by atoms with van der Waals surface area (Å²) >= 11 is 1.66.